The standard InChI is InChI=1S/C14H12BrF3N2/c15-11-4-5-12(17)10(14(11)18)7-13(20-19)8-2-1-3-9(16)6-8/h1-6,13,20H,7,19H2. The monoisotopic (exact) mass is 344 g/mol. The Balaban J connectivity index is 2.34. The molecule has 106 valence electrons. The van der Waals surface area contributed by atoms with Crippen molar-refractivity contribution >= 4 is 15.9 Å². The van der Waals surface area contributed by atoms with Crippen LogP contribution >= 0.6 is 15.9 Å². The van der Waals surface area contributed by atoms with Crippen LogP contribution in [0.5, 0.6) is 0 Å². The van der Waals surface area contributed by atoms with E-state index in [-0.39, 0.29) is 16.5 Å². The minimum atomic E-state index is -0.679. The van der Waals surface area contributed by atoms with Crippen molar-refractivity contribution in [3.8, 4) is 0 Å². The Kier molecular flexibility index (Phi) is 4.80. The molecule has 0 spiro atoms. The third kappa shape index (κ3) is 3.20. The van der Waals surface area contributed by atoms with Gasteiger partial charge < -0.3 is 0 Å². The van der Waals surface area contributed by atoms with Crippen molar-refractivity contribution in [1.29, 1.82) is 0 Å². The summed E-state index contributed by atoms with van der Waals surface area (Å²) in [5.41, 5.74) is 2.87. The number of benzene rings is 2. The van der Waals surface area contributed by atoms with Crippen LogP contribution in [0.25, 0.3) is 0 Å². The van der Waals surface area contributed by atoms with Gasteiger partial charge in [0.15, 0.2) is 0 Å². The lowest BCUT2D eigenvalue weighted by molar-refractivity contribution is 0.495. The first-order chi connectivity index (χ1) is 9.52. The van der Waals surface area contributed by atoms with Crippen molar-refractivity contribution in [2.24, 2.45) is 5.84 Å². The summed E-state index contributed by atoms with van der Waals surface area (Å²) >= 11 is 3.01. The molecular weight excluding hydrogens is 333 g/mol. The second-order valence-corrected chi connectivity index (χ2v) is 5.15. The molecule has 2 aromatic rings. The molecule has 1 unspecified atom stereocenters. The molecule has 0 amide bonds. The number of nitrogens with one attached hydrogen (secondary N) is 1. The zero-order valence-corrected chi connectivity index (χ0v) is 11.9. The highest BCUT2D eigenvalue weighted by molar-refractivity contribution is 9.10. The van der Waals surface area contributed by atoms with Crippen molar-refractivity contribution in [3.05, 3.63) is 69.4 Å². The summed E-state index contributed by atoms with van der Waals surface area (Å²) in [6.45, 7) is 0. The van der Waals surface area contributed by atoms with E-state index in [4.69, 9.17) is 5.84 Å². The molecule has 0 saturated heterocycles. The van der Waals surface area contributed by atoms with Crippen LogP contribution in [0.1, 0.15) is 17.2 Å². The average molecular weight is 345 g/mol. The minimum absolute atomic E-state index is 0.0307. The Morgan fingerprint density at radius 2 is 1.90 bits per heavy atom. The maximum Gasteiger partial charge on any atom is 0.143 e. The van der Waals surface area contributed by atoms with Gasteiger partial charge in [0.25, 0.3) is 0 Å². The van der Waals surface area contributed by atoms with Crippen molar-refractivity contribution in [1.82, 2.24) is 5.43 Å². The van der Waals surface area contributed by atoms with Crippen LogP contribution in [0.4, 0.5) is 13.2 Å². The van der Waals surface area contributed by atoms with Gasteiger partial charge >= 0.3 is 0 Å². The number of halogens is 4. The molecule has 0 aliphatic rings. The molecule has 2 rings (SSSR count). The van der Waals surface area contributed by atoms with E-state index in [1.54, 1.807) is 6.07 Å². The average Bonchev–Trinajstić information content (AvgIpc) is 2.43. The summed E-state index contributed by atoms with van der Waals surface area (Å²) in [5.74, 6) is 3.64. The third-order valence-electron chi connectivity index (χ3n) is 3.00. The van der Waals surface area contributed by atoms with Gasteiger partial charge in [-0.1, -0.05) is 12.1 Å². The van der Waals surface area contributed by atoms with Gasteiger partial charge in [0.1, 0.15) is 17.5 Å². The Bertz CT molecular complexity index is 619. The smallest absolute Gasteiger partial charge is 0.143 e. The third-order valence-corrected chi connectivity index (χ3v) is 3.61. The Hall–Kier alpha value is -1.37. The van der Waals surface area contributed by atoms with Crippen molar-refractivity contribution < 1.29 is 13.2 Å². The van der Waals surface area contributed by atoms with E-state index in [9.17, 15) is 13.2 Å². The molecule has 2 aromatic carbocycles. The van der Waals surface area contributed by atoms with Gasteiger partial charge in [-0.2, -0.15) is 0 Å². The van der Waals surface area contributed by atoms with Crippen LogP contribution in [-0.4, -0.2) is 0 Å². The molecule has 6 heteroatoms. The summed E-state index contributed by atoms with van der Waals surface area (Å²) in [6, 6.07) is 7.59. The first-order valence-electron chi connectivity index (χ1n) is 5.87. The van der Waals surface area contributed by atoms with Gasteiger partial charge in [-0.15, -0.1) is 0 Å². The molecule has 0 saturated carbocycles. The highest BCUT2D eigenvalue weighted by Crippen LogP contribution is 2.26. The largest absolute Gasteiger partial charge is 0.271 e. The van der Waals surface area contributed by atoms with Gasteiger partial charge in [0, 0.05) is 5.56 Å². The lowest BCUT2D eigenvalue weighted by atomic mass is 9.98. The van der Waals surface area contributed by atoms with Crippen LogP contribution in [0.2, 0.25) is 0 Å². The number of hydrazine groups is 1. The van der Waals surface area contributed by atoms with Gasteiger partial charge in [-0.05, 0) is 52.2 Å². The quantitative estimate of drug-likeness (QED) is 0.505. The maximum atomic E-state index is 13.9. The summed E-state index contributed by atoms with van der Waals surface area (Å²) in [4.78, 5) is 0. The molecule has 0 aliphatic heterocycles. The van der Waals surface area contributed by atoms with Gasteiger partial charge in [-0.25, -0.2) is 13.2 Å². The van der Waals surface area contributed by atoms with E-state index in [0.29, 0.717) is 5.56 Å². The SMILES string of the molecule is NNC(Cc1c(F)ccc(Br)c1F)c1cccc(F)c1. The van der Waals surface area contributed by atoms with Crippen LogP contribution in [0, 0.1) is 17.5 Å². The van der Waals surface area contributed by atoms with E-state index in [0.717, 1.165) is 0 Å². The fourth-order valence-electron chi connectivity index (χ4n) is 1.96. The van der Waals surface area contributed by atoms with Crippen LogP contribution in [-0.2, 0) is 6.42 Å². The number of rotatable bonds is 4. The number of hydrogen-bond acceptors (Lipinski definition) is 2. The lowest BCUT2D eigenvalue weighted by Crippen LogP contribution is -2.30. The normalized spacial score (nSPS) is 12.4. The highest BCUT2D eigenvalue weighted by atomic mass is 79.9. The van der Waals surface area contributed by atoms with Gasteiger partial charge in [0.05, 0.1) is 10.5 Å². The molecule has 2 nitrogen and oxygen atoms in total. The number of hydrogen-bond donors (Lipinski definition) is 2. The first kappa shape index (κ1) is 15.0. The zero-order valence-electron chi connectivity index (χ0n) is 10.3. The van der Waals surface area contributed by atoms with Gasteiger partial charge in [0.2, 0.25) is 0 Å². The van der Waals surface area contributed by atoms with Crippen molar-refractivity contribution in [3.63, 3.8) is 0 Å². The maximum absolute atomic E-state index is 13.9. The molecule has 0 bridgehead atoms. The predicted octanol–water partition coefficient (Wildman–Crippen LogP) is 3.61. The van der Waals surface area contributed by atoms with Crippen LogP contribution in [0.15, 0.2) is 40.9 Å². The van der Waals surface area contributed by atoms with E-state index in [1.807, 2.05) is 0 Å². The Morgan fingerprint density at radius 3 is 2.55 bits per heavy atom. The van der Waals surface area contributed by atoms with Gasteiger partial charge in [-0.3, -0.25) is 11.3 Å². The van der Waals surface area contributed by atoms with Crippen molar-refractivity contribution in [2.75, 3.05) is 0 Å². The topological polar surface area (TPSA) is 38.0 Å². The van der Waals surface area contributed by atoms with E-state index < -0.39 is 23.5 Å². The molecule has 1 atom stereocenters. The summed E-state index contributed by atoms with van der Waals surface area (Å²) in [6.07, 6.45) is -0.0307. The molecule has 0 fully saturated rings. The molecule has 3 N–H and O–H groups in total. The first-order valence-corrected chi connectivity index (χ1v) is 6.66. The van der Waals surface area contributed by atoms with E-state index in [2.05, 4.69) is 21.4 Å². The fraction of sp³-hybridized carbons (Fsp3) is 0.143. The van der Waals surface area contributed by atoms with Crippen LogP contribution in [0.3, 0.4) is 0 Å². The van der Waals surface area contributed by atoms with E-state index >= 15 is 0 Å². The molecule has 0 radical (unpaired) electrons. The Labute approximate surface area is 122 Å². The fourth-order valence-corrected chi connectivity index (χ4v) is 2.33. The molecule has 0 aliphatic carbocycles. The van der Waals surface area contributed by atoms with Crippen LogP contribution < -0.4 is 11.3 Å². The lowest BCUT2D eigenvalue weighted by Gasteiger charge is -2.17. The zero-order chi connectivity index (χ0) is 14.7. The second kappa shape index (κ2) is 6.39. The predicted molar refractivity (Wildman–Crippen MR) is 74.2 cm³/mol. The minimum Gasteiger partial charge on any atom is -0.271 e. The van der Waals surface area contributed by atoms with E-state index in [1.165, 1.54) is 30.3 Å². The molecule has 0 heterocycles. The molecular formula is C14H12BrF3N2. The Morgan fingerprint density at radius 1 is 1.15 bits per heavy atom. The second-order valence-electron chi connectivity index (χ2n) is 4.30. The number of nitrogens with two attached hydrogens (primary N) is 1. The molecule has 20 heavy (non-hydrogen) atoms. The van der Waals surface area contributed by atoms with Crippen molar-refractivity contribution in [2.45, 2.75) is 12.5 Å². The summed E-state index contributed by atoms with van der Waals surface area (Å²) in [5, 5.41) is 0. The highest BCUT2D eigenvalue weighted by Gasteiger charge is 2.18. The molecule has 0 aromatic heterocycles. The summed E-state index contributed by atoms with van der Waals surface area (Å²) in [7, 11) is 0. The summed E-state index contributed by atoms with van der Waals surface area (Å²) < 4.78 is 41.0.